The van der Waals surface area contributed by atoms with Gasteiger partial charge in [-0.15, -0.1) is 0 Å². The molecule has 0 saturated heterocycles. The van der Waals surface area contributed by atoms with Crippen LogP contribution in [0.2, 0.25) is 5.02 Å². The largest absolute Gasteiger partial charge is 0.493 e. The van der Waals surface area contributed by atoms with Crippen LogP contribution in [0.4, 0.5) is 14.5 Å². The third-order valence-electron chi connectivity index (χ3n) is 3.35. The Labute approximate surface area is 160 Å². The predicted octanol–water partition coefficient (Wildman–Crippen LogP) is 5.00. The van der Waals surface area contributed by atoms with E-state index in [-0.39, 0.29) is 17.1 Å². The Morgan fingerprint density at radius 3 is 2.70 bits per heavy atom. The number of ether oxygens (including phenoxy) is 3. The molecule has 0 heterocycles. The summed E-state index contributed by atoms with van der Waals surface area (Å²) < 4.78 is 40.3. The van der Waals surface area contributed by atoms with E-state index in [4.69, 9.17) is 21.1 Å². The minimum Gasteiger partial charge on any atom is -0.493 e. The van der Waals surface area contributed by atoms with Gasteiger partial charge in [-0.25, -0.2) is 0 Å². The van der Waals surface area contributed by atoms with Crippen molar-refractivity contribution in [3.05, 3.63) is 53.1 Å². The fourth-order valence-electron chi connectivity index (χ4n) is 2.26. The number of alkyl halides is 2. The molecule has 0 aliphatic heterocycles. The molecular weight excluding hydrogens is 380 g/mol. The van der Waals surface area contributed by atoms with Crippen LogP contribution >= 0.6 is 11.6 Å². The smallest absolute Gasteiger partial charge is 0.387 e. The van der Waals surface area contributed by atoms with Gasteiger partial charge in [0.25, 0.3) is 0 Å². The van der Waals surface area contributed by atoms with Gasteiger partial charge >= 0.3 is 6.61 Å². The van der Waals surface area contributed by atoms with E-state index in [1.165, 1.54) is 31.4 Å². The second-order valence-electron chi connectivity index (χ2n) is 5.15. The molecule has 0 fully saturated rings. The maximum absolute atomic E-state index is 12.7. The van der Waals surface area contributed by atoms with Gasteiger partial charge in [-0.3, -0.25) is 4.79 Å². The number of nitrogens with one attached hydrogen (secondary N) is 1. The Hall–Kier alpha value is -2.80. The Morgan fingerprint density at radius 2 is 2.04 bits per heavy atom. The van der Waals surface area contributed by atoms with Crippen LogP contribution in [-0.4, -0.2) is 26.2 Å². The summed E-state index contributed by atoms with van der Waals surface area (Å²) >= 11 is 5.95. The van der Waals surface area contributed by atoms with E-state index in [9.17, 15) is 13.6 Å². The summed E-state index contributed by atoms with van der Waals surface area (Å²) in [7, 11) is 1.34. The molecule has 1 N–H and O–H groups in total. The number of amides is 1. The Bertz CT molecular complexity index is 827. The van der Waals surface area contributed by atoms with Crippen LogP contribution in [0.5, 0.6) is 17.2 Å². The first kappa shape index (κ1) is 20.5. The molecule has 2 aromatic rings. The van der Waals surface area contributed by atoms with Crippen molar-refractivity contribution in [3.8, 4) is 17.2 Å². The van der Waals surface area contributed by atoms with E-state index in [2.05, 4.69) is 10.1 Å². The SMILES string of the molecule is CCOc1ccc(Cl)cc1NC(=O)C=Cc1cccc(OC)c1OC(F)F. The van der Waals surface area contributed by atoms with Crippen molar-refractivity contribution in [2.75, 3.05) is 19.0 Å². The first-order valence-electron chi connectivity index (χ1n) is 7.97. The highest BCUT2D eigenvalue weighted by Gasteiger charge is 2.14. The van der Waals surface area contributed by atoms with Crippen LogP contribution in [0.15, 0.2) is 42.5 Å². The zero-order valence-corrected chi connectivity index (χ0v) is 15.4. The Balaban J connectivity index is 2.21. The number of para-hydroxylation sites is 1. The molecular formula is C19H18ClF2NO4. The molecule has 0 bridgehead atoms. The second kappa shape index (κ2) is 9.78. The molecule has 1 amide bonds. The number of carbonyl (C=O) groups excluding carboxylic acids is 1. The van der Waals surface area contributed by atoms with Gasteiger partial charge in [0.15, 0.2) is 11.5 Å². The summed E-state index contributed by atoms with van der Waals surface area (Å²) in [5.74, 6) is -0.0565. The third-order valence-corrected chi connectivity index (χ3v) is 3.58. The standard InChI is InChI=1S/C19H18ClF2NO4/c1-3-26-15-9-8-13(20)11-14(15)23-17(24)10-7-12-5-4-6-16(25-2)18(12)27-19(21)22/h4-11,19H,3H2,1-2H3,(H,23,24). The predicted molar refractivity (Wildman–Crippen MR) is 99.9 cm³/mol. The molecule has 5 nitrogen and oxygen atoms in total. The lowest BCUT2D eigenvalue weighted by molar-refractivity contribution is -0.111. The molecule has 2 aromatic carbocycles. The zero-order chi connectivity index (χ0) is 19.8. The quantitative estimate of drug-likeness (QED) is 0.637. The van der Waals surface area contributed by atoms with Crippen LogP contribution < -0.4 is 19.5 Å². The van der Waals surface area contributed by atoms with Gasteiger partial charge in [-0.1, -0.05) is 23.7 Å². The highest BCUT2D eigenvalue weighted by molar-refractivity contribution is 6.31. The molecule has 0 spiro atoms. The van der Waals surface area contributed by atoms with Crippen LogP contribution in [0.25, 0.3) is 6.08 Å². The summed E-state index contributed by atoms with van der Waals surface area (Å²) in [4.78, 5) is 12.2. The first-order chi connectivity index (χ1) is 12.9. The van der Waals surface area contributed by atoms with Gasteiger partial charge in [0.2, 0.25) is 5.91 Å². The number of methoxy groups -OCH3 is 1. The number of hydrogen-bond acceptors (Lipinski definition) is 4. The average Bonchev–Trinajstić information content (AvgIpc) is 2.62. The zero-order valence-electron chi connectivity index (χ0n) is 14.7. The second-order valence-corrected chi connectivity index (χ2v) is 5.59. The molecule has 144 valence electrons. The highest BCUT2D eigenvalue weighted by atomic mass is 35.5. The van der Waals surface area contributed by atoms with Crippen molar-refractivity contribution in [2.45, 2.75) is 13.5 Å². The molecule has 8 heteroatoms. The summed E-state index contributed by atoms with van der Waals surface area (Å²) in [6.45, 7) is -0.797. The molecule has 27 heavy (non-hydrogen) atoms. The van der Waals surface area contributed by atoms with Crippen LogP contribution in [0.3, 0.4) is 0 Å². The Morgan fingerprint density at radius 1 is 1.26 bits per heavy atom. The van der Waals surface area contributed by atoms with E-state index < -0.39 is 12.5 Å². The topological polar surface area (TPSA) is 56.8 Å². The van der Waals surface area contributed by atoms with Crippen molar-refractivity contribution in [2.24, 2.45) is 0 Å². The van der Waals surface area contributed by atoms with Crippen LogP contribution in [-0.2, 0) is 4.79 Å². The van der Waals surface area contributed by atoms with Crippen molar-refractivity contribution < 1.29 is 27.8 Å². The average molecular weight is 398 g/mol. The number of rotatable bonds is 8. The lowest BCUT2D eigenvalue weighted by atomic mass is 10.1. The molecule has 0 aliphatic rings. The van der Waals surface area contributed by atoms with Crippen molar-refractivity contribution in [3.63, 3.8) is 0 Å². The van der Waals surface area contributed by atoms with Gasteiger partial charge in [-0.2, -0.15) is 8.78 Å². The van der Waals surface area contributed by atoms with Crippen molar-refractivity contribution >= 4 is 29.3 Å². The van der Waals surface area contributed by atoms with Crippen molar-refractivity contribution in [1.82, 2.24) is 0 Å². The fraction of sp³-hybridized carbons (Fsp3) is 0.211. The number of hydrogen-bond donors (Lipinski definition) is 1. The van der Waals surface area contributed by atoms with Gasteiger partial charge < -0.3 is 19.5 Å². The van der Waals surface area contributed by atoms with Gasteiger partial charge in [-0.05, 0) is 37.3 Å². The maximum Gasteiger partial charge on any atom is 0.387 e. The maximum atomic E-state index is 12.7. The molecule has 2 rings (SSSR count). The molecule has 0 saturated carbocycles. The Kier molecular flexibility index (Phi) is 7.43. The van der Waals surface area contributed by atoms with Crippen molar-refractivity contribution in [1.29, 1.82) is 0 Å². The summed E-state index contributed by atoms with van der Waals surface area (Å²) in [6, 6.07) is 9.43. The monoisotopic (exact) mass is 397 g/mol. The number of halogens is 3. The fourth-order valence-corrected chi connectivity index (χ4v) is 2.43. The number of anilines is 1. The lowest BCUT2D eigenvalue weighted by Gasteiger charge is -2.12. The molecule has 0 aromatic heterocycles. The number of benzene rings is 2. The molecule has 0 atom stereocenters. The van der Waals surface area contributed by atoms with Gasteiger partial charge in [0, 0.05) is 16.7 Å². The van der Waals surface area contributed by atoms with Crippen LogP contribution in [0, 0.1) is 0 Å². The normalized spacial score (nSPS) is 10.9. The third kappa shape index (κ3) is 5.86. The van der Waals surface area contributed by atoms with Gasteiger partial charge in [0.1, 0.15) is 5.75 Å². The van der Waals surface area contributed by atoms with E-state index in [1.54, 1.807) is 24.3 Å². The molecule has 0 radical (unpaired) electrons. The highest BCUT2D eigenvalue weighted by Crippen LogP contribution is 2.33. The minimum atomic E-state index is -3.03. The van der Waals surface area contributed by atoms with E-state index in [1.807, 2.05) is 6.92 Å². The molecule has 0 unspecified atom stereocenters. The molecule has 0 aliphatic carbocycles. The van der Waals surface area contributed by atoms with E-state index in [0.29, 0.717) is 23.1 Å². The summed E-state index contributed by atoms with van der Waals surface area (Å²) in [6.07, 6.45) is 2.53. The summed E-state index contributed by atoms with van der Waals surface area (Å²) in [5, 5.41) is 3.07. The summed E-state index contributed by atoms with van der Waals surface area (Å²) in [5.41, 5.74) is 0.662. The van der Waals surface area contributed by atoms with Crippen LogP contribution in [0.1, 0.15) is 12.5 Å². The first-order valence-corrected chi connectivity index (χ1v) is 8.35. The minimum absolute atomic E-state index is 0.131. The van der Waals surface area contributed by atoms with E-state index >= 15 is 0 Å². The lowest BCUT2D eigenvalue weighted by Crippen LogP contribution is -2.10. The van der Waals surface area contributed by atoms with Gasteiger partial charge in [0.05, 0.1) is 19.4 Å². The van der Waals surface area contributed by atoms with E-state index in [0.717, 1.165) is 0 Å². The number of carbonyl (C=O) groups is 1.